The molecule has 1 atom stereocenters. The Morgan fingerprint density at radius 2 is 2.29 bits per heavy atom. The van der Waals surface area contributed by atoms with Crippen molar-refractivity contribution >= 4 is 11.6 Å². The highest BCUT2D eigenvalue weighted by molar-refractivity contribution is 6.25. The van der Waals surface area contributed by atoms with Gasteiger partial charge < -0.3 is 5.32 Å². The van der Waals surface area contributed by atoms with E-state index in [0.29, 0.717) is 6.04 Å². The number of benzene rings is 1. The summed E-state index contributed by atoms with van der Waals surface area (Å²) in [6.45, 7) is 0.850. The molecule has 1 aromatic rings. The molecule has 0 fully saturated rings. The third kappa shape index (κ3) is 1.99. The summed E-state index contributed by atoms with van der Waals surface area (Å²) < 4.78 is 0. The molecule has 0 radical (unpaired) electrons. The van der Waals surface area contributed by atoms with Crippen LogP contribution in [0.25, 0.3) is 0 Å². The average molecular weight is 208 g/mol. The summed E-state index contributed by atoms with van der Waals surface area (Å²) in [6.07, 6.45) is 4.33. The number of aryl methyl sites for hydroxylation is 1. The van der Waals surface area contributed by atoms with Crippen LogP contribution in [0.2, 0.25) is 0 Å². The van der Waals surface area contributed by atoms with Gasteiger partial charge in [0.25, 0.3) is 0 Å². The molecule has 1 aliphatic rings. The Hall–Kier alpha value is -0.790. The molecule has 1 N–H and O–H groups in total. The smallest absolute Gasteiger partial charge is 0.0328 e. The van der Waals surface area contributed by atoms with Gasteiger partial charge in [0.1, 0.15) is 0 Å². The van der Waals surface area contributed by atoms with E-state index in [1.54, 1.807) is 5.54 Å². The highest BCUT2D eigenvalue weighted by Gasteiger charge is 2.20. The van der Waals surface area contributed by atoms with Crippen LogP contribution in [0.4, 0.5) is 0 Å². The molecule has 0 saturated carbocycles. The van der Waals surface area contributed by atoms with E-state index < -0.39 is 0 Å². The fraction of sp³-hybridized carbons (Fsp3) is 0.333. The number of rotatable bonds is 3. The Labute approximate surface area is 89.8 Å². The Morgan fingerprint density at radius 3 is 3.14 bits per heavy atom. The molecule has 74 valence electrons. The molecular formula is C12H14ClN. The van der Waals surface area contributed by atoms with Gasteiger partial charge in [-0.15, -0.1) is 0 Å². The lowest BCUT2D eigenvalue weighted by molar-refractivity contribution is 0.564. The minimum absolute atomic E-state index is 0.513. The molecule has 0 aromatic heterocycles. The summed E-state index contributed by atoms with van der Waals surface area (Å²) in [5.74, 6) is 0. The van der Waals surface area contributed by atoms with Gasteiger partial charge in [0.15, 0.2) is 0 Å². The number of hydrogen-bond donors (Lipinski definition) is 1. The first-order valence-corrected chi connectivity index (χ1v) is 5.42. The van der Waals surface area contributed by atoms with E-state index in [2.05, 4.69) is 29.6 Å². The number of nitrogens with one attached hydrogen (secondary N) is 1. The SMILES string of the molecule is Cl/C=C/CNC1CCc2ccccc21. The largest absolute Gasteiger partial charge is 0.306 e. The van der Waals surface area contributed by atoms with Gasteiger partial charge in [-0.1, -0.05) is 41.9 Å². The molecule has 0 aliphatic heterocycles. The number of halogens is 1. The molecule has 2 heteroatoms. The van der Waals surface area contributed by atoms with Gasteiger partial charge in [0, 0.05) is 18.1 Å². The van der Waals surface area contributed by atoms with E-state index in [1.807, 2.05) is 6.08 Å². The van der Waals surface area contributed by atoms with Crippen molar-refractivity contribution in [2.24, 2.45) is 0 Å². The van der Waals surface area contributed by atoms with Gasteiger partial charge >= 0.3 is 0 Å². The predicted molar refractivity (Wildman–Crippen MR) is 60.5 cm³/mol. The fourth-order valence-electron chi connectivity index (χ4n) is 2.02. The van der Waals surface area contributed by atoms with E-state index in [0.717, 1.165) is 6.54 Å². The molecular weight excluding hydrogens is 194 g/mol. The molecule has 2 rings (SSSR count). The van der Waals surface area contributed by atoms with Gasteiger partial charge in [-0.2, -0.15) is 0 Å². The monoisotopic (exact) mass is 207 g/mol. The second kappa shape index (κ2) is 4.63. The summed E-state index contributed by atoms with van der Waals surface area (Å²) in [5.41, 5.74) is 4.50. The Bertz CT molecular complexity index is 333. The maximum atomic E-state index is 5.47. The summed E-state index contributed by atoms with van der Waals surface area (Å²) in [5, 5.41) is 3.47. The standard InChI is InChI=1S/C12H14ClN/c13-8-3-9-14-12-7-6-10-4-1-2-5-11(10)12/h1-5,8,12,14H,6-7,9H2/b8-3+. The summed E-state index contributed by atoms with van der Waals surface area (Å²) in [7, 11) is 0. The van der Waals surface area contributed by atoms with Gasteiger partial charge in [-0.3, -0.25) is 0 Å². The summed E-state index contributed by atoms with van der Waals surface area (Å²) in [6, 6.07) is 9.16. The summed E-state index contributed by atoms with van der Waals surface area (Å²) >= 11 is 5.47. The zero-order valence-electron chi connectivity index (χ0n) is 8.04. The molecule has 1 aromatic carbocycles. The zero-order valence-corrected chi connectivity index (χ0v) is 8.80. The van der Waals surface area contributed by atoms with Crippen LogP contribution in [0.3, 0.4) is 0 Å². The van der Waals surface area contributed by atoms with Gasteiger partial charge in [-0.05, 0) is 24.0 Å². The molecule has 0 saturated heterocycles. The second-order valence-electron chi connectivity index (χ2n) is 3.56. The lowest BCUT2D eigenvalue weighted by atomic mass is 10.1. The first-order valence-electron chi connectivity index (χ1n) is 4.98. The van der Waals surface area contributed by atoms with Crippen molar-refractivity contribution in [3.05, 3.63) is 47.0 Å². The highest BCUT2D eigenvalue weighted by atomic mass is 35.5. The molecule has 1 nitrogen and oxygen atoms in total. The lowest BCUT2D eigenvalue weighted by Crippen LogP contribution is -2.18. The minimum Gasteiger partial charge on any atom is -0.306 e. The van der Waals surface area contributed by atoms with Crippen molar-refractivity contribution in [3.63, 3.8) is 0 Å². The average Bonchev–Trinajstić information content (AvgIpc) is 2.63. The Balaban J connectivity index is 2.03. The molecule has 1 aliphatic carbocycles. The van der Waals surface area contributed by atoms with Crippen LogP contribution < -0.4 is 5.32 Å². The maximum absolute atomic E-state index is 5.47. The molecule has 1 unspecified atom stereocenters. The summed E-state index contributed by atoms with van der Waals surface area (Å²) in [4.78, 5) is 0. The normalized spacial score (nSPS) is 20.2. The van der Waals surface area contributed by atoms with E-state index in [4.69, 9.17) is 11.6 Å². The van der Waals surface area contributed by atoms with Crippen LogP contribution in [-0.4, -0.2) is 6.54 Å². The van der Waals surface area contributed by atoms with Gasteiger partial charge in [0.05, 0.1) is 0 Å². The minimum atomic E-state index is 0.513. The van der Waals surface area contributed by atoms with Crippen LogP contribution in [0.1, 0.15) is 23.6 Å². The number of fused-ring (bicyclic) bond motifs is 1. The first-order chi connectivity index (χ1) is 6.92. The van der Waals surface area contributed by atoms with Crippen LogP contribution >= 0.6 is 11.6 Å². The van der Waals surface area contributed by atoms with Crippen LogP contribution in [0, 0.1) is 0 Å². The van der Waals surface area contributed by atoms with Crippen LogP contribution in [0.15, 0.2) is 35.9 Å². The van der Waals surface area contributed by atoms with Gasteiger partial charge in [-0.25, -0.2) is 0 Å². The van der Waals surface area contributed by atoms with Crippen molar-refractivity contribution in [2.75, 3.05) is 6.54 Å². The van der Waals surface area contributed by atoms with Crippen molar-refractivity contribution in [3.8, 4) is 0 Å². The fourth-order valence-corrected chi connectivity index (χ4v) is 2.11. The van der Waals surface area contributed by atoms with Crippen LogP contribution in [0.5, 0.6) is 0 Å². The van der Waals surface area contributed by atoms with E-state index >= 15 is 0 Å². The zero-order chi connectivity index (χ0) is 9.80. The van der Waals surface area contributed by atoms with E-state index in [9.17, 15) is 0 Å². The Kier molecular flexibility index (Phi) is 3.22. The van der Waals surface area contributed by atoms with Crippen molar-refractivity contribution in [2.45, 2.75) is 18.9 Å². The third-order valence-electron chi connectivity index (χ3n) is 2.70. The number of hydrogen-bond acceptors (Lipinski definition) is 1. The molecule has 0 spiro atoms. The quantitative estimate of drug-likeness (QED) is 0.804. The van der Waals surface area contributed by atoms with Crippen molar-refractivity contribution in [1.82, 2.24) is 5.32 Å². The molecule has 0 amide bonds. The third-order valence-corrected chi connectivity index (χ3v) is 2.88. The molecule has 0 bridgehead atoms. The topological polar surface area (TPSA) is 12.0 Å². The van der Waals surface area contributed by atoms with E-state index in [1.165, 1.54) is 24.0 Å². The first kappa shape index (κ1) is 9.75. The molecule has 0 heterocycles. The lowest BCUT2D eigenvalue weighted by Gasteiger charge is -2.11. The second-order valence-corrected chi connectivity index (χ2v) is 3.81. The predicted octanol–water partition coefficient (Wildman–Crippen LogP) is 3.02. The van der Waals surface area contributed by atoms with Crippen molar-refractivity contribution < 1.29 is 0 Å². The van der Waals surface area contributed by atoms with Crippen molar-refractivity contribution in [1.29, 1.82) is 0 Å². The Morgan fingerprint density at radius 1 is 1.43 bits per heavy atom. The highest BCUT2D eigenvalue weighted by Crippen LogP contribution is 2.30. The maximum Gasteiger partial charge on any atom is 0.0328 e. The van der Waals surface area contributed by atoms with E-state index in [-0.39, 0.29) is 0 Å². The molecule has 14 heavy (non-hydrogen) atoms. The van der Waals surface area contributed by atoms with Crippen LogP contribution in [-0.2, 0) is 6.42 Å². The van der Waals surface area contributed by atoms with Gasteiger partial charge in [0.2, 0.25) is 0 Å².